The minimum atomic E-state index is 0.140. The number of nitrogens with zero attached hydrogens (tertiary/aromatic N) is 2. The van der Waals surface area contributed by atoms with Gasteiger partial charge in [0.2, 0.25) is 0 Å². The molecule has 2 heterocycles. The molecule has 0 spiro atoms. The maximum Gasteiger partial charge on any atom is 0.189 e. The lowest BCUT2D eigenvalue weighted by molar-refractivity contribution is 0.262. The van der Waals surface area contributed by atoms with Crippen molar-refractivity contribution in [2.75, 3.05) is 13.2 Å². The van der Waals surface area contributed by atoms with Gasteiger partial charge in [0.1, 0.15) is 11.5 Å². The highest BCUT2D eigenvalue weighted by Crippen LogP contribution is 2.31. The van der Waals surface area contributed by atoms with Crippen molar-refractivity contribution < 1.29 is 9.26 Å². The topological polar surface area (TPSA) is 85.7 Å². The second-order valence-corrected chi connectivity index (χ2v) is 5.32. The number of ether oxygens (including phenoxy) is 1. The van der Waals surface area contributed by atoms with E-state index in [0.29, 0.717) is 25.5 Å². The van der Waals surface area contributed by atoms with E-state index in [2.05, 4.69) is 21.5 Å². The number of hydrogen-bond donors (Lipinski definition) is 2. The van der Waals surface area contributed by atoms with E-state index in [1.54, 1.807) is 0 Å². The Labute approximate surface area is 129 Å². The van der Waals surface area contributed by atoms with Gasteiger partial charge in [-0.2, -0.15) is 0 Å². The Morgan fingerprint density at radius 2 is 2.32 bits per heavy atom. The second-order valence-electron chi connectivity index (χ2n) is 5.32. The third-order valence-corrected chi connectivity index (χ3v) is 3.60. The summed E-state index contributed by atoms with van der Waals surface area (Å²) in [7, 11) is 0. The van der Waals surface area contributed by atoms with Gasteiger partial charge in [-0.05, 0) is 13.0 Å². The molecule has 116 valence electrons. The van der Waals surface area contributed by atoms with E-state index < -0.39 is 0 Å². The minimum absolute atomic E-state index is 0.140. The first-order valence-corrected chi connectivity index (χ1v) is 7.43. The third kappa shape index (κ3) is 3.39. The quantitative estimate of drug-likeness (QED) is 0.666. The molecule has 6 heteroatoms. The van der Waals surface area contributed by atoms with Crippen molar-refractivity contribution in [1.82, 2.24) is 10.5 Å². The summed E-state index contributed by atoms with van der Waals surface area (Å²) >= 11 is 0. The molecule has 0 aliphatic carbocycles. The first kappa shape index (κ1) is 14.4. The summed E-state index contributed by atoms with van der Waals surface area (Å²) in [5, 5.41) is 7.12. The number of para-hydroxylation sites is 1. The number of nitrogens with one attached hydrogen (secondary N) is 1. The zero-order valence-corrected chi connectivity index (χ0v) is 12.6. The van der Waals surface area contributed by atoms with Crippen LogP contribution < -0.4 is 15.8 Å². The van der Waals surface area contributed by atoms with E-state index in [0.717, 1.165) is 29.2 Å². The number of rotatable bonds is 4. The molecule has 0 bridgehead atoms. The highest BCUT2D eigenvalue weighted by atomic mass is 16.5. The van der Waals surface area contributed by atoms with E-state index in [-0.39, 0.29) is 6.04 Å². The molecule has 1 aromatic carbocycles. The van der Waals surface area contributed by atoms with Gasteiger partial charge in [-0.3, -0.25) is 4.99 Å². The number of aryl methyl sites for hydroxylation is 1. The minimum Gasteiger partial charge on any atom is -0.493 e. The third-order valence-electron chi connectivity index (χ3n) is 3.60. The summed E-state index contributed by atoms with van der Waals surface area (Å²) < 4.78 is 10.8. The molecule has 22 heavy (non-hydrogen) atoms. The van der Waals surface area contributed by atoms with Crippen LogP contribution in [-0.4, -0.2) is 24.3 Å². The lowest BCUT2D eigenvalue weighted by Crippen LogP contribution is -2.37. The maximum absolute atomic E-state index is 5.98. The molecule has 1 aromatic heterocycles. The van der Waals surface area contributed by atoms with Gasteiger partial charge in [-0.15, -0.1) is 0 Å². The number of aromatic nitrogens is 1. The van der Waals surface area contributed by atoms with E-state index in [4.69, 9.17) is 15.0 Å². The normalized spacial score (nSPS) is 17.7. The molecular weight excluding hydrogens is 280 g/mol. The second kappa shape index (κ2) is 6.51. The van der Waals surface area contributed by atoms with Crippen LogP contribution in [0.5, 0.6) is 5.75 Å². The molecule has 1 aliphatic rings. The Hall–Kier alpha value is -2.50. The fourth-order valence-corrected chi connectivity index (χ4v) is 2.54. The Kier molecular flexibility index (Phi) is 4.27. The van der Waals surface area contributed by atoms with Crippen LogP contribution in [0.15, 0.2) is 39.8 Å². The predicted molar refractivity (Wildman–Crippen MR) is 83.9 cm³/mol. The van der Waals surface area contributed by atoms with Crippen molar-refractivity contribution in [2.24, 2.45) is 10.7 Å². The molecule has 1 aliphatic heterocycles. The highest BCUT2D eigenvalue weighted by molar-refractivity contribution is 5.78. The first-order chi connectivity index (χ1) is 10.7. The van der Waals surface area contributed by atoms with Crippen molar-refractivity contribution in [3.63, 3.8) is 0 Å². The summed E-state index contributed by atoms with van der Waals surface area (Å²) in [4.78, 5) is 4.35. The average molecular weight is 300 g/mol. The van der Waals surface area contributed by atoms with Gasteiger partial charge < -0.3 is 20.3 Å². The van der Waals surface area contributed by atoms with Crippen LogP contribution in [-0.2, 0) is 6.42 Å². The van der Waals surface area contributed by atoms with Crippen LogP contribution in [0, 0.1) is 6.92 Å². The van der Waals surface area contributed by atoms with Gasteiger partial charge in [0.25, 0.3) is 0 Å². The molecule has 2 aromatic rings. The summed E-state index contributed by atoms with van der Waals surface area (Å²) in [6.45, 7) is 3.15. The van der Waals surface area contributed by atoms with Gasteiger partial charge in [0, 0.05) is 31.0 Å². The molecule has 3 rings (SSSR count). The zero-order valence-electron chi connectivity index (χ0n) is 12.6. The number of guanidine groups is 1. The van der Waals surface area contributed by atoms with E-state index in [1.165, 1.54) is 0 Å². The Morgan fingerprint density at radius 3 is 3.14 bits per heavy atom. The largest absolute Gasteiger partial charge is 0.493 e. The Morgan fingerprint density at radius 1 is 1.45 bits per heavy atom. The van der Waals surface area contributed by atoms with Crippen LogP contribution in [0.2, 0.25) is 0 Å². The summed E-state index contributed by atoms with van der Waals surface area (Å²) in [5.74, 6) is 2.18. The number of fused-ring (bicyclic) bond motifs is 1. The van der Waals surface area contributed by atoms with Gasteiger partial charge in [-0.1, -0.05) is 23.4 Å². The van der Waals surface area contributed by atoms with Crippen molar-refractivity contribution in [3.8, 4) is 5.75 Å². The van der Waals surface area contributed by atoms with E-state index in [9.17, 15) is 0 Å². The Bertz CT molecular complexity index is 666. The molecule has 0 saturated heterocycles. The molecule has 0 radical (unpaired) electrons. The van der Waals surface area contributed by atoms with E-state index in [1.807, 2.05) is 31.2 Å². The fourth-order valence-electron chi connectivity index (χ4n) is 2.54. The van der Waals surface area contributed by atoms with Crippen LogP contribution in [0.25, 0.3) is 0 Å². The number of hydrogen-bond acceptors (Lipinski definition) is 4. The maximum atomic E-state index is 5.98. The average Bonchev–Trinajstić information content (AvgIpc) is 2.93. The van der Waals surface area contributed by atoms with Gasteiger partial charge in [0.05, 0.1) is 18.3 Å². The molecule has 0 amide bonds. The standard InChI is InChI=1S/C16H20N4O2/c1-11-10-12(22-20-11)6-8-18-16(17)19-14-7-9-21-15-5-3-2-4-13(14)15/h2-5,10,14H,6-9H2,1H3,(H3,17,18,19). The van der Waals surface area contributed by atoms with Crippen molar-refractivity contribution in [1.29, 1.82) is 0 Å². The molecule has 6 nitrogen and oxygen atoms in total. The van der Waals surface area contributed by atoms with Crippen LogP contribution in [0.3, 0.4) is 0 Å². The monoisotopic (exact) mass is 300 g/mol. The smallest absolute Gasteiger partial charge is 0.189 e. The molecule has 0 fully saturated rings. The molecule has 3 N–H and O–H groups in total. The summed E-state index contributed by atoms with van der Waals surface area (Å²) in [6, 6.07) is 10.0. The summed E-state index contributed by atoms with van der Waals surface area (Å²) in [5.41, 5.74) is 7.98. The number of aliphatic imine (C=N–C) groups is 1. The van der Waals surface area contributed by atoms with Gasteiger partial charge >= 0.3 is 0 Å². The van der Waals surface area contributed by atoms with Gasteiger partial charge in [0.15, 0.2) is 5.96 Å². The van der Waals surface area contributed by atoms with Gasteiger partial charge in [-0.25, -0.2) is 0 Å². The summed E-state index contributed by atoms with van der Waals surface area (Å²) in [6.07, 6.45) is 1.56. The lowest BCUT2D eigenvalue weighted by Gasteiger charge is -2.26. The van der Waals surface area contributed by atoms with Crippen molar-refractivity contribution >= 4 is 5.96 Å². The Balaban J connectivity index is 1.57. The molecule has 1 unspecified atom stereocenters. The molecule has 0 saturated carbocycles. The number of nitrogens with two attached hydrogens (primary N) is 1. The highest BCUT2D eigenvalue weighted by Gasteiger charge is 2.21. The molecular formula is C16H20N4O2. The van der Waals surface area contributed by atoms with Crippen LogP contribution >= 0.6 is 0 Å². The lowest BCUT2D eigenvalue weighted by atomic mass is 10.0. The predicted octanol–water partition coefficient (Wildman–Crippen LogP) is 1.95. The van der Waals surface area contributed by atoms with Crippen molar-refractivity contribution in [3.05, 3.63) is 47.3 Å². The fraction of sp³-hybridized carbons (Fsp3) is 0.375. The van der Waals surface area contributed by atoms with Crippen LogP contribution in [0.4, 0.5) is 0 Å². The first-order valence-electron chi connectivity index (χ1n) is 7.43. The number of benzene rings is 1. The van der Waals surface area contributed by atoms with Crippen LogP contribution in [0.1, 0.15) is 29.5 Å². The van der Waals surface area contributed by atoms with E-state index >= 15 is 0 Å². The molecule has 1 atom stereocenters. The SMILES string of the molecule is Cc1cc(CCN=C(N)NC2CCOc3ccccc32)on1. The van der Waals surface area contributed by atoms with Crippen molar-refractivity contribution in [2.45, 2.75) is 25.8 Å². The zero-order chi connectivity index (χ0) is 15.4.